The van der Waals surface area contributed by atoms with Crippen LogP contribution >= 0.6 is 11.3 Å². The van der Waals surface area contributed by atoms with Gasteiger partial charge in [0.25, 0.3) is 0 Å². The summed E-state index contributed by atoms with van der Waals surface area (Å²) in [7, 11) is 0. The molecule has 12 rings (SSSR count). The molecule has 2 aliphatic heterocycles. The van der Waals surface area contributed by atoms with Gasteiger partial charge in [-0.1, -0.05) is 117 Å². The van der Waals surface area contributed by atoms with Gasteiger partial charge in [-0.25, -0.2) is 0 Å². The molecule has 9 heteroatoms. The number of rotatable bonds is 28. The Kier molecular flexibility index (Phi) is 16.5. The number of fused-ring (bicyclic) bond motifs is 3. The van der Waals surface area contributed by atoms with Gasteiger partial charge in [0.15, 0.2) is 0 Å². The van der Waals surface area contributed by atoms with Gasteiger partial charge >= 0.3 is 0 Å². The van der Waals surface area contributed by atoms with Crippen LogP contribution in [0.4, 0.5) is 34.1 Å². The Labute approximate surface area is 470 Å². The molecule has 0 spiro atoms. The van der Waals surface area contributed by atoms with E-state index in [0.717, 1.165) is 157 Å². The number of benzene rings is 9. The van der Waals surface area contributed by atoms with E-state index in [4.69, 9.17) is 28.4 Å². The van der Waals surface area contributed by atoms with Gasteiger partial charge in [-0.05, 0) is 151 Å². The van der Waals surface area contributed by atoms with Gasteiger partial charge in [0.2, 0.25) is 0 Å². The number of nitrogens with zero attached hydrogens (tertiary/aromatic N) is 2. The zero-order chi connectivity index (χ0) is 53.4. The van der Waals surface area contributed by atoms with E-state index in [1.165, 1.54) is 58.1 Å². The lowest BCUT2D eigenvalue weighted by Gasteiger charge is -2.40. The standard InChI is InChI=1S/C70H74N2O6S/c1-3-69(47-77-48-69)45-75-40-14-6-12-38-73-43-51-20-28-56(29-21-51)71(55-16-8-5-9-17-55)63-36-26-53-25-34-62-64(37-27-54-24-33-61(63)67(53)68(54)62)72(58-32-35-60-59-18-10-11-19-65(59)79-66(60)42-58)57-30-22-52(23-31-57)44-74-39-13-7-15-41-76-46-70(4-2)49-78-50-70/h5,8-11,16-37,42H,3-4,6-7,12-15,38-41,43-50H2,1-2H3. The van der Waals surface area contributed by atoms with E-state index in [0.29, 0.717) is 13.2 Å². The largest absolute Gasteiger partial charge is 0.381 e. The normalized spacial score (nSPS) is 14.9. The first-order valence-electron chi connectivity index (χ1n) is 28.9. The highest BCUT2D eigenvalue weighted by Gasteiger charge is 2.38. The minimum atomic E-state index is 0.245. The van der Waals surface area contributed by atoms with Gasteiger partial charge in [-0.3, -0.25) is 0 Å². The van der Waals surface area contributed by atoms with Crippen LogP contribution in [-0.4, -0.2) is 66.1 Å². The summed E-state index contributed by atoms with van der Waals surface area (Å²) < 4.78 is 38.0. The second-order valence-electron chi connectivity index (χ2n) is 22.2. The maximum absolute atomic E-state index is 6.24. The van der Waals surface area contributed by atoms with Crippen molar-refractivity contribution in [3.8, 4) is 0 Å². The molecule has 406 valence electrons. The highest BCUT2D eigenvalue weighted by atomic mass is 32.1. The second kappa shape index (κ2) is 24.5. The lowest BCUT2D eigenvalue weighted by atomic mass is 9.84. The molecule has 1 aromatic heterocycles. The third-order valence-electron chi connectivity index (χ3n) is 16.8. The van der Waals surface area contributed by atoms with Crippen molar-refractivity contribution in [2.24, 2.45) is 10.8 Å². The molecule has 0 bridgehead atoms. The van der Waals surface area contributed by atoms with Crippen molar-refractivity contribution >= 4 is 98.0 Å². The number of ether oxygens (including phenoxy) is 6. The van der Waals surface area contributed by atoms with Crippen molar-refractivity contribution in [2.45, 2.75) is 78.4 Å². The number of unbranched alkanes of at least 4 members (excludes halogenated alkanes) is 4. The van der Waals surface area contributed by atoms with Crippen LogP contribution in [0.3, 0.4) is 0 Å². The van der Waals surface area contributed by atoms with Gasteiger partial charge in [0.05, 0.1) is 64.2 Å². The Bertz CT molecular complexity index is 3580. The van der Waals surface area contributed by atoms with E-state index in [1.807, 2.05) is 11.3 Å². The van der Waals surface area contributed by atoms with E-state index >= 15 is 0 Å². The summed E-state index contributed by atoms with van der Waals surface area (Å²) in [6.07, 6.45) is 8.59. The number of anilines is 6. The molecule has 0 saturated carbocycles. The molecule has 0 amide bonds. The Hall–Kier alpha value is -6.40. The highest BCUT2D eigenvalue weighted by molar-refractivity contribution is 7.25. The number of hydrogen-bond donors (Lipinski definition) is 0. The lowest BCUT2D eigenvalue weighted by Crippen LogP contribution is -2.45. The van der Waals surface area contributed by atoms with Crippen LogP contribution in [0.2, 0.25) is 0 Å². The first-order chi connectivity index (χ1) is 39.0. The molecule has 0 N–H and O–H groups in total. The molecular weight excluding hydrogens is 997 g/mol. The molecule has 79 heavy (non-hydrogen) atoms. The van der Waals surface area contributed by atoms with E-state index in [1.54, 1.807) is 0 Å². The average Bonchev–Trinajstić information content (AvgIpc) is 4.03. The monoisotopic (exact) mass is 1070 g/mol. The fraction of sp³-hybridized carbons (Fsp3) is 0.343. The first-order valence-corrected chi connectivity index (χ1v) is 29.7. The van der Waals surface area contributed by atoms with Crippen LogP contribution in [0.5, 0.6) is 0 Å². The summed E-state index contributed by atoms with van der Waals surface area (Å²) >= 11 is 1.86. The molecule has 2 fully saturated rings. The quantitative estimate of drug-likeness (QED) is 0.0355. The molecule has 0 atom stereocenters. The van der Waals surface area contributed by atoms with E-state index in [2.05, 4.69) is 194 Å². The van der Waals surface area contributed by atoms with Gasteiger partial charge in [0.1, 0.15) is 0 Å². The summed E-state index contributed by atoms with van der Waals surface area (Å²) in [5, 5.41) is 9.96. The van der Waals surface area contributed by atoms with Crippen molar-refractivity contribution in [1.82, 2.24) is 0 Å². The van der Waals surface area contributed by atoms with Crippen molar-refractivity contribution in [3.63, 3.8) is 0 Å². The maximum atomic E-state index is 6.24. The fourth-order valence-corrected chi connectivity index (χ4v) is 12.8. The zero-order valence-corrected chi connectivity index (χ0v) is 46.9. The number of thiophene rings is 1. The molecule has 0 unspecified atom stereocenters. The second-order valence-corrected chi connectivity index (χ2v) is 23.3. The van der Waals surface area contributed by atoms with Crippen LogP contribution < -0.4 is 9.80 Å². The minimum Gasteiger partial charge on any atom is -0.381 e. The molecule has 8 nitrogen and oxygen atoms in total. The average molecular weight is 1070 g/mol. The van der Waals surface area contributed by atoms with E-state index < -0.39 is 0 Å². The topological polar surface area (TPSA) is 61.9 Å². The molecular formula is C70H74N2O6S. The van der Waals surface area contributed by atoms with Gasteiger partial charge in [-0.2, -0.15) is 0 Å². The first kappa shape index (κ1) is 53.3. The predicted molar refractivity (Wildman–Crippen MR) is 328 cm³/mol. The summed E-state index contributed by atoms with van der Waals surface area (Å²) in [4.78, 5) is 4.86. The summed E-state index contributed by atoms with van der Waals surface area (Å²) in [6.45, 7) is 13.7. The van der Waals surface area contributed by atoms with Crippen LogP contribution in [0.25, 0.3) is 52.5 Å². The smallest absolute Gasteiger partial charge is 0.0716 e. The summed E-state index contributed by atoms with van der Waals surface area (Å²) in [6, 6.07) is 62.9. The predicted octanol–water partition coefficient (Wildman–Crippen LogP) is 18.2. The summed E-state index contributed by atoms with van der Waals surface area (Å²) in [5.41, 5.74) is 9.53. The summed E-state index contributed by atoms with van der Waals surface area (Å²) in [5.74, 6) is 0. The number of para-hydroxylation sites is 1. The van der Waals surface area contributed by atoms with Crippen molar-refractivity contribution in [3.05, 3.63) is 181 Å². The highest BCUT2D eigenvalue weighted by Crippen LogP contribution is 2.48. The third-order valence-corrected chi connectivity index (χ3v) is 17.9. The molecule has 2 aliphatic rings. The maximum Gasteiger partial charge on any atom is 0.0716 e. The molecule has 10 aromatic rings. The van der Waals surface area contributed by atoms with Crippen LogP contribution in [-0.2, 0) is 41.6 Å². The zero-order valence-electron chi connectivity index (χ0n) is 46.1. The Balaban J connectivity index is 0.794. The van der Waals surface area contributed by atoms with Crippen LogP contribution in [0.15, 0.2) is 170 Å². The van der Waals surface area contributed by atoms with Crippen LogP contribution in [0, 0.1) is 10.8 Å². The van der Waals surface area contributed by atoms with E-state index in [-0.39, 0.29) is 10.8 Å². The van der Waals surface area contributed by atoms with Gasteiger partial charge in [0, 0.05) is 91.0 Å². The number of hydrogen-bond acceptors (Lipinski definition) is 9. The molecule has 0 radical (unpaired) electrons. The third kappa shape index (κ3) is 11.5. The Morgan fingerprint density at radius 1 is 0.405 bits per heavy atom. The van der Waals surface area contributed by atoms with Crippen molar-refractivity contribution in [2.75, 3.05) is 75.9 Å². The van der Waals surface area contributed by atoms with Gasteiger partial charge in [-0.15, -0.1) is 11.3 Å². The Morgan fingerprint density at radius 3 is 1.34 bits per heavy atom. The minimum absolute atomic E-state index is 0.245. The molecule has 2 saturated heterocycles. The molecule has 0 aliphatic carbocycles. The lowest BCUT2D eigenvalue weighted by molar-refractivity contribution is -0.150. The van der Waals surface area contributed by atoms with Gasteiger partial charge < -0.3 is 38.2 Å². The van der Waals surface area contributed by atoms with Crippen molar-refractivity contribution < 1.29 is 28.4 Å². The van der Waals surface area contributed by atoms with E-state index in [9.17, 15) is 0 Å². The SMILES string of the molecule is CCC1(COCCCCCOCc2ccc(N(c3ccccc3)c3ccc4ccc5c(N(c6ccc(COCCCCCOCC7(CC)COC7)cc6)c6ccc7c(c6)sc6ccccc67)ccc6ccc3c4c65)cc2)COC1. The molecule has 3 heterocycles. The fourth-order valence-electron chi connectivity index (χ4n) is 11.6. The molecule has 9 aromatic carbocycles. The van der Waals surface area contributed by atoms with Crippen molar-refractivity contribution in [1.29, 1.82) is 0 Å². The van der Waals surface area contributed by atoms with Crippen LogP contribution in [0.1, 0.15) is 76.3 Å². The Morgan fingerprint density at radius 2 is 0.835 bits per heavy atom.